The van der Waals surface area contributed by atoms with Crippen LogP contribution >= 0.6 is 22.6 Å². The van der Waals surface area contributed by atoms with Gasteiger partial charge in [-0.3, -0.25) is 4.99 Å². The highest BCUT2D eigenvalue weighted by Crippen LogP contribution is 2.35. The summed E-state index contributed by atoms with van der Waals surface area (Å²) in [5.41, 5.74) is 5.47. The molecule has 0 saturated carbocycles. The van der Waals surface area contributed by atoms with Crippen LogP contribution in [-0.2, 0) is 6.61 Å². The first kappa shape index (κ1) is 22.3. The molecule has 0 saturated heterocycles. The number of fused-ring (bicyclic) bond motifs is 1. The van der Waals surface area contributed by atoms with E-state index < -0.39 is 0 Å². The van der Waals surface area contributed by atoms with Crippen LogP contribution in [0.1, 0.15) is 29.2 Å². The lowest BCUT2D eigenvalue weighted by Gasteiger charge is -2.15. The average Bonchev–Trinajstić information content (AvgIpc) is 2.79. The third-order valence-corrected chi connectivity index (χ3v) is 6.10. The summed E-state index contributed by atoms with van der Waals surface area (Å²) in [4.78, 5) is 4.71. The normalized spacial score (nSPS) is 11.2. The van der Waals surface area contributed by atoms with E-state index in [4.69, 9.17) is 14.5 Å². The molecular weight excluding hydrogens is 509 g/mol. The summed E-state index contributed by atoms with van der Waals surface area (Å²) in [6, 6.07) is 25.1. The van der Waals surface area contributed by atoms with E-state index >= 15 is 0 Å². The maximum atomic E-state index is 6.29. The van der Waals surface area contributed by atoms with E-state index in [9.17, 15) is 0 Å². The second-order valence-corrected chi connectivity index (χ2v) is 8.90. The SMILES string of the molecule is CCOc1cc(C=Nc2cc(C)ccc2C)cc(I)c1OCc1cccc2ccccc12. The standard InChI is InChI=1S/C28H26INO2/c1-4-31-27-16-21(17-30-26-14-19(2)12-13-20(26)3)15-25(29)28(27)32-18-23-10-7-9-22-8-5-6-11-24(22)23/h5-17H,4,18H2,1-3H3. The molecule has 0 radical (unpaired) electrons. The van der Waals surface area contributed by atoms with Crippen LogP contribution in [0.3, 0.4) is 0 Å². The summed E-state index contributed by atoms with van der Waals surface area (Å²) < 4.78 is 13.2. The highest BCUT2D eigenvalue weighted by atomic mass is 127. The van der Waals surface area contributed by atoms with Crippen LogP contribution in [0.2, 0.25) is 0 Å². The Morgan fingerprint density at radius 2 is 1.72 bits per heavy atom. The largest absolute Gasteiger partial charge is 0.490 e. The predicted molar refractivity (Wildman–Crippen MR) is 142 cm³/mol. The summed E-state index contributed by atoms with van der Waals surface area (Å²) in [7, 11) is 0. The summed E-state index contributed by atoms with van der Waals surface area (Å²) in [5.74, 6) is 1.51. The van der Waals surface area contributed by atoms with E-state index in [-0.39, 0.29) is 0 Å². The molecule has 0 aliphatic carbocycles. The van der Waals surface area contributed by atoms with Gasteiger partial charge in [0.05, 0.1) is 15.9 Å². The Hall–Kier alpha value is -2.86. The third kappa shape index (κ3) is 5.13. The van der Waals surface area contributed by atoms with E-state index in [2.05, 4.69) is 103 Å². The molecule has 4 aromatic rings. The quantitative estimate of drug-likeness (QED) is 0.179. The molecule has 4 heteroatoms. The van der Waals surface area contributed by atoms with E-state index in [1.54, 1.807) is 0 Å². The Bertz CT molecular complexity index is 1270. The number of halogens is 1. The van der Waals surface area contributed by atoms with E-state index in [1.165, 1.54) is 16.3 Å². The minimum absolute atomic E-state index is 0.480. The van der Waals surface area contributed by atoms with Crippen molar-refractivity contribution in [2.75, 3.05) is 6.61 Å². The van der Waals surface area contributed by atoms with E-state index in [1.807, 2.05) is 19.2 Å². The minimum Gasteiger partial charge on any atom is -0.490 e. The molecular formula is C28H26INO2. The predicted octanol–water partition coefficient (Wildman–Crippen LogP) is 7.79. The lowest BCUT2D eigenvalue weighted by Crippen LogP contribution is -2.03. The van der Waals surface area contributed by atoms with Crippen LogP contribution in [-0.4, -0.2) is 12.8 Å². The number of aryl methyl sites for hydroxylation is 2. The zero-order valence-corrected chi connectivity index (χ0v) is 20.7. The molecule has 3 nitrogen and oxygen atoms in total. The van der Waals surface area contributed by atoms with E-state index in [0.717, 1.165) is 37.4 Å². The van der Waals surface area contributed by atoms with Crippen molar-refractivity contribution in [2.45, 2.75) is 27.4 Å². The lowest BCUT2D eigenvalue weighted by atomic mass is 10.1. The fourth-order valence-corrected chi connectivity index (χ4v) is 4.42. The minimum atomic E-state index is 0.480. The zero-order chi connectivity index (χ0) is 22.5. The van der Waals surface area contributed by atoms with Crippen LogP contribution in [0, 0.1) is 17.4 Å². The maximum Gasteiger partial charge on any atom is 0.175 e. The Labute approximate surface area is 203 Å². The monoisotopic (exact) mass is 535 g/mol. The van der Waals surface area contributed by atoms with Gasteiger partial charge in [-0.1, -0.05) is 54.6 Å². The smallest absolute Gasteiger partial charge is 0.175 e. The summed E-state index contributed by atoms with van der Waals surface area (Å²) in [5, 5.41) is 2.42. The number of rotatable bonds is 7. The second kappa shape index (κ2) is 10.2. The maximum absolute atomic E-state index is 6.29. The van der Waals surface area contributed by atoms with Gasteiger partial charge in [0, 0.05) is 6.21 Å². The van der Waals surface area contributed by atoms with Gasteiger partial charge in [-0.25, -0.2) is 0 Å². The van der Waals surface area contributed by atoms with Crippen LogP contribution in [0.5, 0.6) is 11.5 Å². The molecule has 4 rings (SSSR count). The van der Waals surface area contributed by atoms with Gasteiger partial charge in [-0.05, 0) is 94.6 Å². The van der Waals surface area contributed by atoms with Crippen molar-refractivity contribution < 1.29 is 9.47 Å². The first-order valence-corrected chi connectivity index (χ1v) is 11.8. The van der Waals surface area contributed by atoms with Gasteiger partial charge in [0.15, 0.2) is 11.5 Å². The molecule has 0 amide bonds. The highest BCUT2D eigenvalue weighted by molar-refractivity contribution is 14.1. The molecule has 0 N–H and O–H groups in total. The summed E-state index contributed by atoms with van der Waals surface area (Å²) in [6.07, 6.45) is 1.89. The number of hydrogen-bond donors (Lipinski definition) is 0. The molecule has 162 valence electrons. The topological polar surface area (TPSA) is 30.8 Å². The fraction of sp³-hybridized carbons (Fsp3) is 0.179. The van der Waals surface area contributed by atoms with Crippen molar-refractivity contribution in [3.05, 3.63) is 98.6 Å². The number of hydrogen-bond acceptors (Lipinski definition) is 3. The number of benzene rings is 4. The lowest BCUT2D eigenvalue weighted by molar-refractivity contribution is 0.268. The molecule has 0 heterocycles. The Morgan fingerprint density at radius 3 is 2.56 bits per heavy atom. The van der Waals surface area contributed by atoms with Crippen molar-refractivity contribution in [3.63, 3.8) is 0 Å². The molecule has 0 unspecified atom stereocenters. The average molecular weight is 535 g/mol. The molecule has 32 heavy (non-hydrogen) atoms. The fourth-order valence-electron chi connectivity index (χ4n) is 3.64. The van der Waals surface area contributed by atoms with Crippen LogP contribution in [0.25, 0.3) is 10.8 Å². The first-order valence-electron chi connectivity index (χ1n) is 10.7. The summed E-state index contributed by atoms with van der Waals surface area (Å²) in [6.45, 7) is 7.19. The first-order chi connectivity index (χ1) is 15.5. The second-order valence-electron chi connectivity index (χ2n) is 7.74. The van der Waals surface area contributed by atoms with Gasteiger partial charge in [-0.2, -0.15) is 0 Å². The van der Waals surface area contributed by atoms with Crippen molar-refractivity contribution in [1.29, 1.82) is 0 Å². The molecule has 0 aliphatic rings. The van der Waals surface area contributed by atoms with Gasteiger partial charge in [0.2, 0.25) is 0 Å². The van der Waals surface area contributed by atoms with Gasteiger partial charge >= 0.3 is 0 Å². The van der Waals surface area contributed by atoms with Crippen LogP contribution in [0.4, 0.5) is 5.69 Å². The highest BCUT2D eigenvalue weighted by Gasteiger charge is 2.13. The van der Waals surface area contributed by atoms with Crippen molar-refractivity contribution in [3.8, 4) is 11.5 Å². The molecule has 0 bridgehead atoms. The number of aliphatic imine (C=N–C) groups is 1. The summed E-state index contributed by atoms with van der Waals surface area (Å²) >= 11 is 2.31. The zero-order valence-electron chi connectivity index (χ0n) is 18.6. The molecule has 0 spiro atoms. The molecule has 0 fully saturated rings. The van der Waals surface area contributed by atoms with E-state index in [0.29, 0.717) is 13.2 Å². The molecule has 4 aromatic carbocycles. The van der Waals surface area contributed by atoms with Gasteiger partial charge < -0.3 is 9.47 Å². The molecule has 0 atom stereocenters. The van der Waals surface area contributed by atoms with Gasteiger partial charge in [0.1, 0.15) is 6.61 Å². The number of nitrogens with zero attached hydrogens (tertiary/aromatic N) is 1. The Kier molecular flexibility index (Phi) is 7.10. The third-order valence-electron chi connectivity index (χ3n) is 5.30. The van der Waals surface area contributed by atoms with Crippen molar-refractivity contribution in [1.82, 2.24) is 0 Å². The van der Waals surface area contributed by atoms with Crippen LogP contribution in [0.15, 0.2) is 77.8 Å². The molecule has 0 aliphatic heterocycles. The van der Waals surface area contributed by atoms with Gasteiger partial charge in [0.25, 0.3) is 0 Å². The van der Waals surface area contributed by atoms with Gasteiger partial charge in [-0.15, -0.1) is 0 Å². The Morgan fingerprint density at radius 1 is 0.906 bits per heavy atom. The van der Waals surface area contributed by atoms with Crippen molar-refractivity contribution >= 4 is 45.3 Å². The van der Waals surface area contributed by atoms with Crippen LogP contribution < -0.4 is 9.47 Å². The molecule has 0 aromatic heterocycles. The Balaban J connectivity index is 1.61. The number of ether oxygens (including phenoxy) is 2. The van der Waals surface area contributed by atoms with Crippen molar-refractivity contribution in [2.24, 2.45) is 4.99 Å².